The third kappa shape index (κ3) is 3.73. The molecule has 1 saturated heterocycles. The van der Waals surface area contributed by atoms with Crippen molar-refractivity contribution in [1.29, 1.82) is 0 Å². The number of para-hydroxylation sites is 1. The average Bonchev–Trinajstić information content (AvgIpc) is 2.81. The molecular weight excluding hydrogens is 420 g/mol. The molecule has 6 heteroatoms. The third-order valence-corrected chi connectivity index (χ3v) is 6.36. The Balaban J connectivity index is 1.54. The summed E-state index contributed by atoms with van der Waals surface area (Å²) < 4.78 is 1.71. The average molecular weight is 445 g/mol. The van der Waals surface area contributed by atoms with E-state index >= 15 is 0 Å². The van der Waals surface area contributed by atoms with Gasteiger partial charge in [-0.25, -0.2) is 9.55 Å². The smallest absolute Gasteiger partial charge is 0.267 e. The van der Waals surface area contributed by atoms with Crippen LogP contribution >= 0.6 is 11.6 Å². The SMILES string of the molecule is Cc1ccc(C)c(N2CCN(c3nc4ccccc4c(=O)n3-c3ccc(Cl)cc3)CC2)c1. The van der Waals surface area contributed by atoms with Crippen LogP contribution in [0.25, 0.3) is 16.6 Å². The first kappa shape index (κ1) is 20.6. The van der Waals surface area contributed by atoms with Gasteiger partial charge in [-0.1, -0.05) is 35.9 Å². The molecule has 2 heterocycles. The number of aryl methyl sites for hydroxylation is 2. The Kier molecular flexibility index (Phi) is 5.35. The summed E-state index contributed by atoms with van der Waals surface area (Å²) in [7, 11) is 0. The van der Waals surface area contributed by atoms with Crippen molar-refractivity contribution in [3.8, 4) is 5.69 Å². The van der Waals surface area contributed by atoms with Crippen molar-refractivity contribution in [3.63, 3.8) is 0 Å². The van der Waals surface area contributed by atoms with Crippen LogP contribution in [0.3, 0.4) is 0 Å². The summed E-state index contributed by atoms with van der Waals surface area (Å²) in [5.74, 6) is 0.677. The first-order chi connectivity index (χ1) is 15.5. The number of halogens is 1. The first-order valence-electron chi connectivity index (χ1n) is 10.9. The highest BCUT2D eigenvalue weighted by atomic mass is 35.5. The van der Waals surface area contributed by atoms with Crippen LogP contribution in [0.5, 0.6) is 0 Å². The molecule has 0 aliphatic carbocycles. The maximum absolute atomic E-state index is 13.5. The summed E-state index contributed by atoms with van der Waals surface area (Å²) in [4.78, 5) is 23.1. The fourth-order valence-corrected chi connectivity index (χ4v) is 4.49. The molecule has 0 bridgehead atoms. The van der Waals surface area contributed by atoms with Crippen LogP contribution in [0.2, 0.25) is 5.02 Å². The summed E-state index contributed by atoms with van der Waals surface area (Å²) in [5, 5.41) is 1.25. The van der Waals surface area contributed by atoms with Gasteiger partial charge in [0.2, 0.25) is 5.95 Å². The molecular formula is C26H25ClN4O. The van der Waals surface area contributed by atoms with Crippen molar-refractivity contribution in [2.45, 2.75) is 13.8 Å². The molecule has 5 nitrogen and oxygen atoms in total. The molecule has 5 rings (SSSR count). The third-order valence-electron chi connectivity index (χ3n) is 6.11. The molecule has 0 unspecified atom stereocenters. The van der Waals surface area contributed by atoms with Crippen LogP contribution in [-0.4, -0.2) is 35.7 Å². The number of fused-ring (bicyclic) bond motifs is 1. The van der Waals surface area contributed by atoms with Crippen LogP contribution < -0.4 is 15.4 Å². The second kappa shape index (κ2) is 8.32. The van der Waals surface area contributed by atoms with Gasteiger partial charge in [0, 0.05) is 36.9 Å². The van der Waals surface area contributed by atoms with Crippen LogP contribution in [-0.2, 0) is 0 Å². The molecule has 3 aromatic carbocycles. The summed E-state index contributed by atoms with van der Waals surface area (Å²) in [6, 6.07) is 21.5. The normalized spacial score (nSPS) is 14.2. The zero-order valence-electron chi connectivity index (χ0n) is 18.3. The van der Waals surface area contributed by atoms with E-state index < -0.39 is 0 Å². The lowest BCUT2D eigenvalue weighted by atomic mass is 10.1. The molecule has 32 heavy (non-hydrogen) atoms. The van der Waals surface area contributed by atoms with Crippen molar-refractivity contribution in [3.05, 3.63) is 93.2 Å². The largest absolute Gasteiger partial charge is 0.368 e. The molecule has 0 radical (unpaired) electrons. The molecule has 1 fully saturated rings. The monoisotopic (exact) mass is 444 g/mol. The molecule has 0 spiro atoms. The highest BCUT2D eigenvalue weighted by Gasteiger charge is 2.24. The Bertz CT molecular complexity index is 1340. The second-order valence-electron chi connectivity index (χ2n) is 8.31. The van der Waals surface area contributed by atoms with Crippen molar-refractivity contribution in [2.24, 2.45) is 0 Å². The number of hydrogen-bond acceptors (Lipinski definition) is 4. The fraction of sp³-hybridized carbons (Fsp3) is 0.231. The minimum atomic E-state index is -0.0649. The van der Waals surface area contributed by atoms with Gasteiger partial charge in [0.05, 0.1) is 16.6 Å². The van der Waals surface area contributed by atoms with Crippen molar-refractivity contribution in [2.75, 3.05) is 36.0 Å². The Labute approximate surface area is 192 Å². The number of anilines is 2. The number of rotatable bonds is 3. The Morgan fingerprint density at radius 1 is 0.844 bits per heavy atom. The minimum Gasteiger partial charge on any atom is -0.368 e. The zero-order valence-corrected chi connectivity index (χ0v) is 19.0. The van der Waals surface area contributed by atoms with E-state index in [9.17, 15) is 4.79 Å². The Morgan fingerprint density at radius 3 is 2.28 bits per heavy atom. The quantitative estimate of drug-likeness (QED) is 0.446. The highest BCUT2D eigenvalue weighted by Crippen LogP contribution is 2.26. The maximum Gasteiger partial charge on any atom is 0.267 e. The highest BCUT2D eigenvalue weighted by molar-refractivity contribution is 6.30. The van der Waals surface area contributed by atoms with E-state index in [-0.39, 0.29) is 5.56 Å². The molecule has 162 valence electrons. The molecule has 0 atom stereocenters. The van der Waals surface area contributed by atoms with E-state index in [0.29, 0.717) is 16.4 Å². The predicted octanol–water partition coefficient (Wildman–Crippen LogP) is 4.98. The lowest BCUT2D eigenvalue weighted by molar-refractivity contribution is 0.631. The first-order valence-corrected chi connectivity index (χ1v) is 11.2. The van der Waals surface area contributed by atoms with Gasteiger partial charge in [0.15, 0.2) is 0 Å². The van der Waals surface area contributed by atoms with E-state index in [1.165, 1.54) is 16.8 Å². The number of hydrogen-bond donors (Lipinski definition) is 0. The minimum absolute atomic E-state index is 0.0649. The van der Waals surface area contributed by atoms with Crippen LogP contribution in [0, 0.1) is 13.8 Å². The summed E-state index contributed by atoms with van der Waals surface area (Å²) in [6.07, 6.45) is 0. The molecule has 0 saturated carbocycles. The summed E-state index contributed by atoms with van der Waals surface area (Å²) in [6.45, 7) is 7.59. The van der Waals surface area contributed by atoms with Crippen LogP contribution in [0.15, 0.2) is 71.5 Å². The molecule has 1 aromatic heterocycles. The van der Waals surface area contributed by atoms with Gasteiger partial charge in [-0.05, 0) is 67.4 Å². The predicted molar refractivity (Wildman–Crippen MR) is 133 cm³/mol. The zero-order chi connectivity index (χ0) is 22.2. The Morgan fingerprint density at radius 2 is 1.53 bits per heavy atom. The van der Waals surface area contributed by atoms with Gasteiger partial charge in [-0.2, -0.15) is 0 Å². The van der Waals surface area contributed by atoms with E-state index in [1.807, 2.05) is 36.4 Å². The number of benzene rings is 3. The maximum atomic E-state index is 13.5. The van der Waals surface area contributed by atoms with Crippen molar-refractivity contribution in [1.82, 2.24) is 9.55 Å². The van der Waals surface area contributed by atoms with E-state index in [1.54, 1.807) is 16.7 Å². The lowest BCUT2D eigenvalue weighted by Gasteiger charge is -2.38. The molecule has 0 N–H and O–H groups in total. The van der Waals surface area contributed by atoms with E-state index in [4.69, 9.17) is 16.6 Å². The second-order valence-corrected chi connectivity index (χ2v) is 8.75. The van der Waals surface area contributed by atoms with Gasteiger partial charge in [-0.3, -0.25) is 4.79 Å². The van der Waals surface area contributed by atoms with Gasteiger partial charge in [-0.15, -0.1) is 0 Å². The topological polar surface area (TPSA) is 41.4 Å². The van der Waals surface area contributed by atoms with Gasteiger partial charge < -0.3 is 9.80 Å². The molecule has 1 aliphatic rings. The lowest BCUT2D eigenvalue weighted by Crippen LogP contribution is -2.48. The Hall–Kier alpha value is -3.31. The summed E-state index contributed by atoms with van der Waals surface area (Å²) in [5.41, 5.74) is 5.25. The van der Waals surface area contributed by atoms with Crippen molar-refractivity contribution < 1.29 is 0 Å². The van der Waals surface area contributed by atoms with Gasteiger partial charge >= 0.3 is 0 Å². The fourth-order valence-electron chi connectivity index (χ4n) is 4.36. The van der Waals surface area contributed by atoms with Crippen LogP contribution in [0.1, 0.15) is 11.1 Å². The molecule has 1 aliphatic heterocycles. The number of nitrogens with zero attached hydrogens (tertiary/aromatic N) is 4. The molecule has 0 amide bonds. The molecule has 4 aromatic rings. The standard InChI is InChI=1S/C26H25ClN4O/c1-18-7-8-19(2)24(17-18)29-13-15-30(16-14-29)26-28-23-6-4-3-5-22(23)25(32)31(26)21-11-9-20(27)10-12-21/h3-12,17H,13-16H2,1-2H3. The van der Waals surface area contributed by atoms with Crippen LogP contribution in [0.4, 0.5) is 11.6 Å². The van der Waals surface area contributed by atoms with E-state index in [2.05, 4.69) is 41.8 Å². The van der Waals surface area contributed by atoms with Gasteiger partial charge in [0.1, 0.15) is 0 Å². The van der Waals surface area contributed by atoms with Crippen molar-refractivity contribution >= 4 is 34.1 Å². The summed E-state index contributed by atoms with van der Waals surface area (Å²) >= 11 is 6.10. The van der Waals surface area contributed by atoms with Gasteiger partial charge in [0.25, 0.3) is 5.56 Å². The van der Waals surface area contributed by atoms with E-state index in [0.717, 1.165) is 37.4 Å². The number of aromatic nitrogens is 2. The number of piperazine rings is 1.